The van der Waals surface area contributed by atoms with Gasteiger partial charge in [-0.1, -0.05) is 63.6 Å². The van der Waals surface area contributed by atoms with E-state index in [0.717, 1.165) is 40.6 Å². The van der Waals surface area contributed by atoms with Crippen molar-refractivity contribution in [2.45, 2.75) is 71.1 Å². The van der Waals surface area contributed by atoms with Gasteiger partial charge in [-0.15, -0.1) is 0 Å². The smallest absolute Gasteiger partial charge is 0.255 e. The molecule has 5 rings (SSSR count). The number of carbonyl (C=O) groups excluding carboxylic acids is 3. The van der Waals surface area contributed by atoms with Crippen LogP contribution in [0.2, 0.25) is 0 Å². The summed E-state index contributed by atoms with van der Waals surface area (Å²) in [7, 11) is 0. The predicted octanol–water partition coefficient (Wildman–Crippen LogP) is 4.08. The van der Waals surface area contributed by atoms with Crippen molar-refractivity contribution in [2.75, 3.05) is 0 Å². The summed E-state index contributed by atoms with van der Waals surface area (Å²) in [6.07, 6.45) is 1.94. The number of para-hydroxylation sites is 1. The van der Waals surface area contributed by atoms with Crippen LogP contribution in [0, 0.1) is 5.92 Å². The molecule has 0 spiro atoms. The summed E-state index contributed by atoms with van der Waals surface area (Å²) in [5, 5.41) is 7.13. The van der Waals surface area contributed by atoms with E-state index in [9.17, 15) is 14.4 Å². The molecule has 0 radical (unpaired) electrons. The molecule has 36 heavy (non-hydrogen) atoms. The number of aromatic amines is 1. The average Bonchev–Trinajstić information content (AvgIpc) is 3.41. The first kappa shape index (κ1) is 24.1. The van der Waals surface area contributed by atoms with Gasteiger partial charge in [0.1, 0.15) is 12.1 Å². The topological polar surface area (TPSA) is 94.3 Å². The van der Waals surface area contributed by atoms with Gasteiger partial charge in [0.05, 0.1) is 6.04 Å². The highest BCUT2D eigenvalue weighted by Gasteiger charge is 2.49. The summed E-state index contributed by atoms with van der Waals surface area (Å²) in [6, 6.07) is 13.9. The Morgan fingerprint density at radius 1 is 1.03 bits per heavy atom. The molecular weight excluding hydrogens is 452 g/mol. The van der Waals surface area contributed by atoms with E-state index < -0.39 is 12.1 Å². The summed E-state index contributed by atoms with van der Waals surface area (Å²) in [5.74, 6) is -0.665. The third-order valence-electron chi connectivity index (χ3n) is 7.95. The molecule has 0 saturated carbocycles. The largest absolute Gasteiger partial charge is 0.356 e. The lowest BCUT2D eigenvalue weighted by Crippen LogP contribution is -2.58. The summed E-state index contributed by atoms with van der Waals surface area (Å²) in [4.78, 5) is 45.9. The van der Waals surface area contributed by atoms with E-state index in [1.54, 1.807) is 4.90 Å². The lowest BCUT2D eigenvalue weighted by atomic mass is 9.89. The molecule has 7 nitrogen and oxygen atoms in total. The molecule has 3 aromatic rings. The van der Waals surface area contributed by atoms with Crippen LogP contribution in [-0.2, 0) is 16.0 Å². The van der Waals surface area contributed by atoms with Crippen LogP contribution in [0.3, 0.4) is 0 Å². The van der Waals surface area contributed by atoms with E-state index in [0.29, 0.717) is 12.0 Å². The molecular formula is C29H34N4O3. The fourth-order valence-electron chi connectivity index (χ4n) is 5.52. The van der Waals surface area contributed by atoms with Crippen molar-refractivity contribution in [1.29, 1.82) is 0 Å². The minimum absolute atomic E-state index is 0.0171. The van der Waals surface area contributed by atoms with E-state index >= 15 is 0 Å². The maximum Gasteiger partial charge on any atom is 0.255 e. The number of amides is 3. The summed E-state index contributed by atoms with van der Waals surface area (Å²) in [6.45, 7) is 7.95. The summed E-state index contributed by atoms with van der Waals surface area (Å²) < 4.78 is 0. The van der Waals surface area contributed by atoms with Gasteiger partial charge in [0.2, 0.25) is 11.8 Å². The number of aromatic nitrogens is 1. The number of nitrogens with zero attached hydrogens (tertiary/aromatic N) is 1. The number of carbonyl (C=O) groups is 3. The van der Waals surface area contributed by atoms with Gasteiger partial charge in [-0.3, -0.25) is 14.4 Å². The Morgan fingerprint density at radius 2 is 1.75 bits per heavy atom. The fourth-order valence-corrected chi connectivity index (χ4v) is 5.52. The van der Waals surface area contributed by atoms with E-state index in [4.69, 9.17) is 0 Å². The van der Waals surface area contributed by atoms with Gasteiger partial charge in [0.25, 0.3) is 5.91 Å². The molecule has 2 aliphatic heterocycles. The Bertz CT molecular complexity index is 1330. The summed E-state index contributed by atoms with van der Waals surface area (Å²) >= 11 is 0. The van der Waals surface area contributed by atoms with Crippen LogP contribution in [0.15, 0.2) is 48.5 Å². The van der Waals surface area contributed by atoms with Crippen LogP contribution in [-0.4, -0.2) is 45.7 Å². The fraction of sp³-hybridized carbons (Fsp3) is 0.414. The van der Waals surface area contributed by atoms with Crippen LogP contribution >= 0.6 is 0 Å². The number of fused-ring (bicyclic) bond motifs is 7. The van der Waals surface area contributed by atoms with Gasteiger partial charge in [-0.25, -0.2) is 0 Å². The predicted molar refractivity (Wildman–Crippen MR) is 140 cm³/mol. The third-order valence-corrected chi connectivity index (χ3v) is 7.95. The molecule has 3 heterocycles. The Balaban J connectivity index is 1.54. The minimum Gasteiger partial charge on any atom is -0.356 e. The Kier molecular flexibility index (Phi) is 6.33. The van der Waals surface area contributed by atoms with E-state index in [2.05, 4.69) is 21.7 Å². The molecule has 3 amide bonds. The number of H-pyrrole nitrogens is 1. The van der Waals surface area contributed by atoms with Crippen molar-refractivity contribution in [3.8, 4) is 0 Å². The number of rotatable bonds is 7. The van der Waals surface area contributed by atoms with E-state index in [1.165, 1.54) is 0 Å². The van der Waals surface area contributed by atoms with Gasteiger partial charge >= 0.3 is 0 Å². The van der Waals surface area contributed by atoms with E-state index in [-0.39, 0.29) is 35.7 Å². The zero-order valence-electron chi connectivity index (χ0n) is 21.3. The van der Waals surface area contributed by atoms with Gasteiger partial charge in [0.15, 0.2) is 0 Å². The van der Waals surface area contributed by atoms with Crippen molar-refractivity contribution < 1.29 is 14.4 Å². The van der Waals surface area contributed by atoms with Crippen LogP contribution in [0.1, 0.15) is 73.8 Å². The van der Waals surface area contributed by atoms with Crippen molar-refractivity contribution in [1.82, 2.24) is 20.5 Å². The second kappa shape index (κ2) is 9.45. The zero-order valence-corrected chi connectivity index (χ0v) is 21.3. The highest BCUT2D eigenvalue weighted by atomic mass is 16.2. The minimum atomic E-state index is -0.718. The molecule has 0 unspecified atom stereocenters. The molecule has 188 valence electrons. The van der Waals surface area contributed by atoms with Gasteiger partial charge in [-0.05, 0) is 42.5 Å². The van der Waals surface area contributed by atoms with Crippen LogP contribution in [0.5, 0.6) is 0 Å². The van der Waals surface area contributed by atoms with Crippen molar-refractivity contribution in [2.24, 2.45) is 5.92 Å². The average molecular weight is 487 g/mol. The molecule has 7 heteroatoms. The first-order valence-corrected chi connectivity index (χ1v) is 13.0. The lowest BCUT2D eigenvalue weighted by molar-refractivity contribution is -0.133. The lowest BCUT2D eigenvalue weighted by Gasteiger charge is -2.38. The van der Waals surface area contributed by atoms with Gasteiger partial charge < -0.3 is 20.5 Å². The molecule has 2 aliphatic rings. The zero-order chi connectivity index (χ0) is 25.6. The standard InChI is InChI=1S/C29H34N4O3/c1-5-16(3)24(28(35)30-17(4)6-2)32-27(34)23-15-21-18-11-9-10-14-22(18)31-25(21)26-19-12-7-8-13-20(19)29(36)33(23)26/h7-14,16-17,23-24,26,31H,5-6,15H2,1-4H3,(H,30,35)(H,32,34)/t16-,17-,23-,24-,26-/m0/s1. The van der Waals surface area contributed by atoms with Crippen LogP contribution in [0.4, 0.5) is 0 Å². The number of hydrogen-bond donors (Lipinski definition) is 3. The van der Waals surface area contributed by atoms with Gasteiger partial charge in [0, 0.05) is 34.6 Å². The summed E-state index contributed by atoms with van der Waals surface area (Å²) in [5.41, 5.74) is 4.54. The second-order valence-corrected chi connectivity index (χ2v) is 10.2. The first-order valence-electron chi connectivity index (χ1n) is 13.0. The molecule has 0 saturated heterocycles. The quantitative estimate of drug-likeness (QED) is 0.470. The molecule has 0 fully saturated rings. The SMILES string of the molecule is CC[C@H](C)NC(=O)[C@@H](NC(=O)[C@@H]1Cc2c([nH]c3ccccc23)[C@@H]2c3ccccc3C(=O)N21)[C@@H](C)CC. The monoisotopic (exact) mass is 486 g/mol. The Hall–Kier alpha value is -3.61. The third kappa shape index (κ3) is 3.87. The number of hydrogen-bond acceptors (Lipinski definition) is 3. The molecule has 0 bridgehead atoms. The molecule has 1 aromatic heterocycles. The number of benzene rings is 2. The Morgan fingerprint density at radius 3 is 2.50 bits per heavy atom. The van der Waals surface area contributed by atoms with Crippen molar-refractivity contribution in [3.63, 3.8) is 0 Å². The highest BCUT2D eigenvalue weighted by Crippen LogP contribution is 2.46. The van der Waals surface area contributed by atoms with E-state index in [1.807, 2.05) is 70.2 Å². The molecule has 5 atom stereocenters. The highest BCUT2D eigenvalue weighted by molar-refractivity contribution is 6.04. The molecule has 0 aliphatic carbocycles. The van der Waals surface area contributed by atoms with Crippen LogP contribution < -0.4 is 10.6 Å². The normalized spacial score (nSPS) is 20.8. The maximum atomic E-state index is 13.9. The number of nitrogens with one attached hydrogen (secondary N) is 3. The molecule has 3 N–H and O–H groups in total. The van der Waals surface area contributed by atoms with Crippen molar-refractivity contribution >= 4 is 28.6 Å². The Labute approximate surface area is 211 Å². The molecule has 2 aromatic carbocycles. The van der Waals surface area contributed by atoms with Crippen molar-refractivity contribution in [3.05, 3.63) is 70.9 Å². The van der Waals surface area contributed by atoms with Crippen LogP contribution in [0.25, 0.3) is 10.9 Å². The first-order chi connectivity index (χ1) is 17.3. The maximum absolute atomic E-state index is 13.9. The second-order valence-electron chi connectivity index (χ2n) is 10.2. The van der Waals surface area contributed by atoms with Gasteiger partial charge in [-0.2, -0.15) is 0 Å².